The number of rotatable bonds is 7. The minimum Gasteiger partial charge on any atom is -0.387 e. The standard InChI is InChI=1S/C16H24ClNO2S/c1-16(2,3)21-10-4-5-15(20)18-11-14(19)12-6-8-13(17)9-7-12/h6-9,14,19H,4-5,10-11H2,1-3H3,(H,18,20). The van der Waals surface area contributed by atoms with E-state index in [9.17, 15) is 9.90 Å². The highest BCUT2D eigenvalue weighted by Gasteiger charge is 2.12. The molecule has 0 aliphatic rings. The number of amides is 1. The number of carbonyl (C=O) groups excluding carboxylic acids is 1. The van der Waals surface area contributed by atoms with Gasteiger partial charge in [-0.1, -0.05) is 44.5 Å². The molecule has 3 nitrogen and oxygen atoms in total. The van der Waals surface area contributed by atoms with Crippen LogP contribution >= 0.6 is 23.4 Å². The van der Waals surface area contributed by atoms with Crippen molar-refractivity contribution in [3.05, 3.63) is 34.9 Å². The third-order valence-corrected chi connectivity index (χ3v) is 4.44. The quantitative estimate of drug-likeness (QED) is 0.748. The molecule has 2 N–H and O–H groups in total. The highest BCUT2D eigenvalue weighted by molar-refractivity contribution is 8.00. The molecule has 0 fully saturated rings. The smallest absolute Gasteiger partial charge is 0.220 e. The van der Waals surface area contributed by atoms with Gasteiger partial charge in [0.15, 0.2) is 0 Å². The number of halogens is 1. The first-order valence-electron chi connectivity index (χ1n) is 7.12. The molecule has 1 unspecified atom stereocenters. The van der Waals surface area contributed by atoms with Crippen molar-refractivity contribution in [3.63, 3.8) is 0 Å². The van der Waals surface area contributed by atoms with Crippen LogP contribution in [0.5, 0.6) is 0 Å². The summed E-state index contributed by atoms with van der Waals surface area (Å²) >= 11 is 7.65. The Bertz CT molecular complexity index is 443. The summed E-state index contributed by atoms with van der Waals surface area (Å²) in [5.41, 5.74) is 0.753. The maximum atomic E-state index is 11.7. The minimum absolute atomic E-state index is 0.0162. The summed E-state index contributed by atoms with van der Waals surface area (Å²) < 4.78 is 0.237. The Morgan fingerprint density at radius 3 is 2.52 bits per heavy atom. The van der Waals surface area contributed by atoms with Gasteiger partial charge in [-0.25, -0.2) is 0 Å². The summed E-state index contributed by atoms with van der Waals surface area (Å²) in [5.74, 6) is 0.953. The number of benzene rings is 1. The number of nitrogens with one attached hydrogen (secondary N) is 1. The largest absolute Gasteiger partial charge is 0.387 e. The summed E-state index contributed by atoms with van der Waals surface area (Å²) in [6, 6.07) is 6.98. The third-order valence-electron chi connectivity index (χ3n) is 2.83. The van der Waals surface area contributed by atoms with E-state index in [1.54, 1.807) is 24.3 Å². The van der Waals surface area contributed by atoms with E-state index in [-0.39, 0.29) is 17.2 Å². The van der Waals surface area contributed by atoms with Crippen molar-refractivity contribution in [2.45, 2.75) is 44.5 Å². The molecule has 1 aromatic rings. The molecule has 118 valence electrons. The van der Waals surface area contributed by atoms with Gasteiger partial charge in [-0.15, -0.1) is 0 Å². The van der Waals surface area contributed by atoms with Crippen LogP contribution in [0.2, 0.25) is 5.02 Å². The van der Waals surface area contributed by atoms with Crippen molar-refractivity contribution < 1.29 is 9.90 Å². The minimum atomic E-state index is -0.699. The van der Waals surface area contributed by atoms with Gasteiger partial charge in [-0.05, 0) is 29.9 Å². The molecule has 0 saturated carbocycles. The summed E-state index contributed by atoms with van der Waals surface area (Å²) in [5, 5.41) is 13.4. The van der Waals surface area contributed by atoms with E-state index in [1.807, 2.05) is 11.8 Å². The van der Waals surface area contributed by atoms with E-state index < -0.39 is 6.10 Å². The molecule has 0 heterocycles. The second-order valence-electron chi connectivity index (χ2n) is 5.94. The zero-order valence-electron chi connectivity index (χ0n) is 12.9. The lowest BCUT2D eigenvalue weighted by molar-refractivity contribution is -0.121. The number of carbonyl (C=O) groups is 1. The molecule has 0 aliphatic carbocycles. The predicted molar refractivity (Wildman–Crippen MR) is 90.9 cm³/mol. The van der Waals surface area contributed by atoms with Gasteiger partial charge in [0.2, 0.25) is 5.91 Å². The van der Waals surface area contributed by atoms with Crippen LogP contribution in [0.15, 0.2) is 24.3 Å². The van der Waals surface area contributed by atoms with Gasteiger partial charge in [0.25, 0.3) is 0 Å². The van der Waals surface area contributed by atoms with Crippen LogP contribution in [0.3, 0.4) is 0 Å². The Morgan fingerprint density at radius 1 is 1.33 bits per heavy atom. The molecule has 5 heteroatoms. The van der Waals surface area contributed by atoms with E-state index >= 15 is 0 Å². The van der Waals surface area contributed by atoms with Gasteiger partial charge in [0, 0.05) is 22.7 Å². The molecule has 0 saturated heterocycles. The molecule has 0 aromatic heterocycles. The zero-order chi connectivity index (χ0) is 15.9. The van der Waals surface area contributed by atoms with Crippen molar-refractivity contribution in [2.75, 3.05) is 12.3 Å². The fourth-order valence-corrected chi connectivity index (χ4v) is 2.74. The number of aliphatic hydroxyl groups is 1. The first-order chi connectivity index (χ1) is 9.78. The lowest BCUT2D eigenvalue weighted by Gasteiger charge is -2.17. The molecular formula is C16H24ClNO2S. The molecule has 0 aliphatic heterocycles. The molecule has 1 amide bonds. The van der Waals surface area contributed by atoms with Gasteiger partial charge in [-0.3, -0.25) is 4.79 Å². The molecule has 0 radical (unpaired) electrons. The summed E-state index contributed by atoms with van der Waals surface area (Å²) in [4.78, 5) is 11.7. The number of hydrogen-bond donors (Lipinski definition) is 2. The molecule has 21 heavy (non-hydrogen) atoms. The summed E-state index contributed by atoms with van der Waals surface area (Å²) in [7, 11) is 0. The van der Waals surface area contributed by atoms with E-state index in [2.05, 4.69) is 26.1 Å². The topological polar surface area (TPSA) is 49.3 Å². The van der Waals surface area contributed by atoms with Crippen molar-refractivity contribution in [1.82, 2.24) is 5.32 Å². The summed E-state index contributed by atoms with van der Waals surface area (Å²) in [6.07, 6.45) is 0.650. The van der Waals surface area contributed by atoms with Crippen molar-refractivity contribution in [3.8, 4) is 0 Å². The average Bonchev–Trinajstić information content (AvgIpc) is 2.41. The van der Waals surface area contributed by atoms with E-state index in [0.29, 0.717) is 11.4 Å². The highest BCUT2D eigenvalue weighted by atomic mass is 35.5. The summed E-state index contributed by atoms with van der Waals surface area (Å²) in [6.45, 7) is 6.73. The third kappa shape index (κ3) is 8.34. The second-order valence-corrected chi connectivity index (χ2v) is 8.29. The lowest BCUT2D eigenvalue weighted by Crippen LogP contribution is -2.28. The molecule has 0 bridgehead atoms. The van der Waals surface area contributed by atoms with Crippen LogP contribution in [0.1, 0.15) is 45.3 Å². The Kier molecular flexibility index (Phi) is 7.57. The lowest BCUT2D eigenvalue weighted by atomic mass is 10.1. The van der Waals surface area contributed by atoms with Gasteiger partial charge >= 0.3 is 0 Å². The highest BCUT2D eigenvalue weighted by Crippen LogP contribution is 2.24. The zero-order valence-corrected chi connectivity index (χ0v) is 14.4. The predicted octanol–water partition coefficient (Wildman–Crippen LogP) is 3.80. The SMILES string of the molecule is CC(C)(C)SCCCC(=O)NCC(O)c1ccc(Cl)cc1. The van der Waals surface area contributed by atoms with E-state index in [0.717, 1.165) is 17.7 Å². The Hall–Kier alpha value is -0.710. The van der Waals surface area contributed by atoms with Crippen molar-refractivity contribution in [2.24, 2.45) is 0 Å². The van der Waals surface area contributed by atoms with Gasteiger partial charge < -0.3 is 10.4 Å². The maximum absolute atomic E-state index is 11.7. The van der Waals surface area contributed by atoms with Gasteiger partial charge in [-0.2, -0.15) is 11.8 Å². The van der Waals surface area contributed by atoms with Crippen molar-refractivity contribution >= 4 is 29.3 Å². The Balaban J connectivity index is 2.22. The number of hydrogen-bond acceptors (Lipinski definition) is 3. The first kappa shape index (κ1) is 18.3. The Labute approximate surface area is 136 Å². The molecule has 0 spiro atoms. The molecule has 1 rings (SSSR count). The molecule has 1 aromatic carbocycles. The van der Waals surface area contributed by atoms with Crippen LogP contribution in [-0.2, 0) is 4.79 Å². The fraction of sp³-hybridized carbons (Fsp3) is 0.562. The first-order valence-corrected chi connectivity index (χ1v) is 8.48. The molecule has 1 atom stereocenters. The van der Waals surface area contributed by atoms with Crippen LogP contribution in [-0.4, -0.2) is 28.1 Å². The average molecular weight is 330 g/mol. The van der Waals surface area contributed by atoms with E-state index in [4.69, 9.17) is 11.6 Å². The second kappa shape index (κ2) is 8.66. The van der Waals surface area contributed by atoms with Crippen LogP contribution < -0.4 is 5.32 Å². The maximum Gasteiger partial charge on any atom is 0.220 e. The normalized spacial score (nSPS) is 13.0. The number of aliphatic hydroxyl groups excluding tert-OH is 1. The molecular weight excluding hydrogens is 306 g/mol. The fourth-order valence-electron chi connectivity index (χ4n) is 1.71. The van der Waals surface area contributed by atoms with Crippen LogP contribution in [0.25, 0.3) is 0 Å². The monoisotopic (exact) mass is 329 g/mol. The van der Waals surface area contributed by atoms with E-state index in [1.165, 1.54) is 0 Å². The van der Waals surface area contributed by atoms with Crippen LogP contribution in [0.4, 0.5) is 0 Å². The van der Waals surface area contributed by atoms with Crippen molar-refractivity contribution in [1.29, 1.82) is 0 Å². The van der Waals surface area contributed by atoms with Gasteiger partial charge in [0.05, 0.1) is 6.10 Å². The number of thioether (sulfide) groups is 1. The van der Waals surface area contributed by atoms with Gasteiger partial charge in [0.1, 0.15) is 0 Å². The Morgan fingerprint density at radius 2 is 1.95 bits per heavy atom. The van der Waals surface area contributed by atoms with Crippen LogP contribution in [0, 0.1) is 0 Å².